The van der Waals surface area contributed by atoms with Crippen LogP contribution in [0.1, 0.15) is 38.3 Å². The van der Waals surface area contributed by atoms with E-state index in [1.807, 2.05) is 18.2 Å². The standard InChI is InChI=1S/C19H32N2O3/c1-4-8-20-9-11-21(12-10-20)17(15-22)16-6-7-18(23-3)19(14-16)24-13-5-2/h6-7,14,17,22H,4-5,8-13,15H2,1-3H3. The van der Waals surface area contributed by atoms with Crippen LogP contribution in [0.5, 0.6) is 11.5 Å². The zero-order chi connectivity index (χ0) is 17.4. The normalized spacial score (nSPS) is 17.7. The highest BCUT2D eigenvalue weighted by molar-refractivity contribution is 5.44. The molecule has 1 unspecified atom stereocenters. The zero-order valence-corrected chi connectivity index (χ0v) is 15.3. The number of ether oxygens (including phenoxy) is 2. The van der Waals surface area contributed by atoms with Gasteiger partial charge in [-0.15, -0.1) is 0 Å². The van der Waals surface area contributed by atoms with Crippen LogP contribution in [0.15, 0.2) is 18.2 Å². The topological polar surface area (TPSA) is 45.2 Å². The molecular weight excluding hydrogens is 304 g/mol. The monoisotopic (exact) mass is 336 g/mol. The predicted octanol–water partition coefficient (Wildman–Crippen LogP) is 2.55. The molecule has 1 N–H and O–H groups in total. The average molecular weight is 336 g/mol. The first-order valence-electron chi connectivity index (χ1n) is 9.11. The van der Waals surface area contributed by atoms with Crippen molar-refractivity contribution >= 4 is 0 Å². The molecule has 136 valence electrons. The van der Waals surface area contributed by atoms with E-state index < -0.39 is 0 Å². The lowest BCUT2D eigenvalue weighted by Crippen LogP contribution is -2.48. The fourth-order valence-electron chi connectivity index (χ4n) is 3.27. The van der Waals surface area contributed by atoms with E-state index in [2.05, 4.69) is 23.6 Å². The Kier molecular flexibility index (Phi) is 7.82. The van der Waals surface area contributed by atoms with E-state index in [9.17, 15) is 5.11 Å². The maximum absolute atomic E-state index is 9.97. The van der Waals surface area contributed by atoms with Crippen molar-refractivity contribution in [1.82, 2.24) is 9.80 Å². The number of hydrogen-bond acceptors (Lipinski definition) is 5. The first kappa shape index (κ1) is 19.0. The van der Waals surface area contributed by atoms with Crippen LogP contribution in [0.3, 0.4) is 0 Å². The molecule has 1 saturated heterocycles. The number of rotatable bonds is 9. The van der Waals surface area contributed by atoms with Gasteiger partial charge in [0.1, 0.15) is 0 Å². The maximum atomic E-state index is 9.97. The van der Waals surface area contributed by atoms with Crippen molar-refractivity contribution in [1.29, 1.82) is 0 Å². The molecule has 0 radical (unpaired) electrons. The highest BCUT2D eigenvalue weighted by Crippen LogP contribution is 2.32. The average Bonchev–Trinajstić information content (AvgIpc) is 2.62. The first-order valence-corrected chi connectivity index (χ1v) is 9.11. The fourth-order valence-corrected chi connectivity index (χ4v) is 3.27. The van der Waals surface area contributed by atoms with E-state index in [0.29, 0.717) is 6.61 Å². The number of methoxy groups -OCH3 is 1. The smallest absolute Gasteiger partial charge is 0.161 e. The van der Waals surface area contributed by atoms with Gasteiger partial charge in [0.05, 0.1) is 26.4 Å². The van der Waals surface area contributed by atoms with Crippen molar-refractivity contribution in [2.75, 3.05) is 53.0 Å². The maximum Gasteiger partial charge on any atom is 0.161 e. The third kappa shape index (κ3) is 4.85. The molecule has 1 atom stereocenters. The van der Waals surface area contributed by atoms with Gasteiger partial charge in [-0.3, -0.25) is 4.90 Å². The van der Waals surface area contributed by atoms with Crippen LogP contribution in [0.2, 0.25) is 0 Å². The lowest BCUT2D eigenvalue weighted by Gasteiger charge is -2.39. The highest BCUT2D eigenvalue weighted by atomic mass is 16.5. The van der Waals surface area contributed by atoms with Crippen molar-refractivity contribution in [3.63, 3.8) is 0 Å². The lowest BCUT2D eigenvalue weighted by molar-refractivity contribution is 0.0650. The zero-order valence-electron chi connectivity index (χ0n) is 15.3. The molecule has 1 heterocycles. The molecule has 0 saturated carbocycles. The third-order valence-electron chi connectivity index (χ3n) is 4.59. The number of aliphatic hydroxyl groups excluding tert-OH is 1. The number of nitrogens with zero attached hydrogens (tertiary/aromatic N) is 2. The molecular formula is C19H32N2O3. The summed E-state index contributed by atoms with van der Waals surface area (Å²) < 4.78 is 11.2. The molecule has 0 bridgehead atoms. The van der Waals surface area contributed by atoms with Crippen molar-refractivity contribution in [2.24, 2.45) is 0 Å². The van der Waals surface area contributed by atoms with Gasteiger partial charge in [-0.1, -0.05) is 19.9 Å². The Morgan fingerprint density at radius 2 is 1.83 bits per heavy atom. The Bertz CT molecular complexity index is 488. The summed E-state index contributed by atoms with van der Waals surface area (Å²) in [5.41, 5.74) is 1.09. The van der Waals surface area contributed by atoms with E-state index in [1.165, 1.54) is 6.42 Å². The lowest BCUT2D eigenvalue weighted by atomic mass is 10.0. The van der Waals surface area contributed by atoms with Crippen molar-refractivity contribution in [2.45, 2.75) is 32.7 Å². The van der Waals surface area contributed by atoms with Crippen LogP contribution >= 0.6 is 0 Å². The van der Waals surface area contributed by atoms with Gasteiger partial charge in [0.2, 0.25) is 0 Å². The van der Waals surface area contributed by atoms with Gasteiger partial charge in [0.25, 0.3) is 0 Å². The molecule has 0 amide bonds. The minimum atomic E-state index is 0.0173. The Hall–Kier alpha value is -1.30. The van der Waals surface area contributed by atoms with E-state index >= 15 is 0 Å². The Labute approximate surface area is 146 Å². The molecule has 1 fully saturated rings. The number of piperazine rings is 1. The molecule has 2 rings (SSSR count). The van der Waals surface area contributed by atoms with Crippen molar-refractivity contribution in [3.05, 3.63) is 23.8 Å². The van der Waals surface area contributed by atoms with Gasteiger partial charge in [0, 0.05) is 26.2 Å². The molecule has 0 spiro atoms. The van der Waals surface area contributed by atoms with Crippen LogP contribution in [-0.2, 0) is 0 Å². The largest absolute Gasteiger partial charge is 0.493 e. The molecule has 24 heavy (non-hydrogen) atoms. The van der Waals surface area contributed by atoms with E-state index in [0.717, 1.165) is 56.2 Å². The van der Waals surface area contributed by atoms with Crippen LogP contribution in [0.4, 0.5) is 0 Å². The molecule has 1 aliphatic heterocycles. The second-order valence-corrected chi connectivity index (χ2v) is 6.33. The molecule has 1 aromatic carbocycles. The van der Waals surface area contributed by atoms with Gasteiger partial charge < -0.3 is 19.5 Å². The van der Waals surface area contributed by atoms with Gasteiger partial charge >= 0.3 is 0 Å². The summed E-state index contributed by atoms with van der Waals surface area (Å²) in [6.45, 7) is 10.4. The summed E-state index contributed by atoms with van der Waals surface area (Å²) >= 11 is 0. The van der Waals surface area contributed by atoms with Crippen molar-refractivity contribution in [3.8, 4) is 11.5 Å². The van der Waals surface area contributed by atoms with Gasteiger partial charge in [-0.05, 0) is 37.1 Å². The summed E-state index contributed by atoms with van der Waals surface area (Å²) in [5, 5.41) is 9.97. The fraction of sp³-hybridized carbons (Fsp3) is 0.684. The Balaban J connectivity index is 2.09. The summed E-state index contributed by atoms with van der Waals surface area (Å²) in [6, 6.07) is 6.02. The summed E-state index contributed by atoms with van der Waals surface area (Å²) in [5.74, 6) is 1.51. The van der Waals surface area contributed by atoms with Crippen LogP contribution in [0, 0.1) is 0 Å². The summed E-state index contributed by atoms with van der Waals surface area (Å²) in [7, 11) is 1.66. The van der Waals surface area contributed by atoms with Crippen molar-refractivity contribution < 1.29 is 14.6 Å². The van der Waals surface area contributed by atoms with Crippen LogP contribution < -0.4 is 9.47 Å². The van der Waals surface area contributed by atoms with E-state index in [-0.39, 0.29) is 12.6 Å². The van der Waals surface area contributed by atoms with Gasteiger partial charge in [-0.25, -0.2) is 0 Å². The first-order chi connectivity index (χ1) is 11.7. The number of hydrogen-bond donors (Lipinski definition) is 1. The molecule has 1 aliphatic rings. The molecule has 5 heteroatoms. The summed E-state index contributed by atoms with van der Waals surface area (Å²) in [4.78, 5) is 4.87. The number of aliphatic hydroxyl groups is 1. The molecule has 0 aliphatic carbocycles. The van der Waals surface area contributed by atoms with Crippen LogP contribution in [-0.4, -0.2) is 68.0 Å². The van der Waals surface area contributed by atoms with Gasteiger partial charge in [-0.2, -0.15) is 0 Å². The minimum Gasteiger partial charge on any atom is -0.493 e. The number of benzene rings is 1. The molecule has 5 nitrogen and oxygen atoms in total. The third-order valence-corrected chi connectivity index (χ3v) is 4.59. The van der Waals surface area contributed by atoms with E-state index in [1.54, 1.807) is 7.11 Å². The van der Waals surface area contributed by atoms with Gasteiger partial charge in [0.15, 0.2) is 11.5 Å². The Morgan fingerprint density at radius 3 is 2.42 bits per heavy atom. The quantitative estimate of drug-likeness (QED) is 0.751. The molecule has 0 aromatic heterocycles. The SMILES string of the molecule is CCCOc1cc(C(CO)N2CCN(CCC)CC2)ccc1OC. The minimum absolute atomic E-state index is 0.0173. The summed E-state index contributed by atoms with van der Waals surface area (Å²) in [6.07, 6.45) is 2.15. The second kappa shape index (κ2) is 9.87. The highest BCUT2D eigenvalue weighted by Gasteiger charge is 2.25. The van der Waals surface area contributed by atoms with Crippen LogP contribution in [0.25, 0.3) is 0 Å². The Morgan fingerprint density at radius 1 is 1.08 bits per heavy atom. The second-order valence-electron chi connectivity index (χ2n) is 6.33. The van der Waals surface area contributed by atoms with E-state index in [4.69, 9.17) is 9.47 Å². The molecule has 1 aromatic rings. The predicted molar refractivity (Wildman–Crippen MR) is 96.9 cm³/mol.